The van der Waals surface area contributed by atoms with E-state index < -0.39 is 0 Å². The molecule has 0 bridgehead atoms. The average molecular weight is 295 g/mol. The number of aliphatic hydroxyl groups excluding tert-OH is 1. The molecule has 1 atom stereocenters. The second kappa shape index (κ2) is 6.99. The summed E-state index contributed by atoms with van der Waals surface area (Å²) in [6.07, 6.45) is 1.10. The Hall–Kier alpha value is -0.960. The predicted molar refractivity (Wildman–Crippen MR) is 80.7 cm³/mol. The summed E-state index contributed by atoms with van der Waals surface area (Å²) in [4.78, 5) is 15.9. The highest BCUT2D eigenvalue weighted by Gasteiger charge is 2.24. The molecular formula is C14H17NO2S2. The summed E-state index contributed by atoms with van der Waals surface area (Å²) in [6, 6.07) is 3.67. The summed E-state index contributed by atoms with van der Waals surface area (Å²) < 4.78 is 0. The summed E-state index contributed by atoms with van der Waals surface area (Å²) in [5.74, 6) is 6.57. The lowest BCUT2D eigenvalue weighted by molar-refractivity contribution is 0.0766. The summed E-state index contributed by atoms with van der Waals surface area (Å²) in [6.45, 7) is 3.69. The van der Waals surface area contributed by atoms with E-state index in [1.807, 2.05) is 28.8 Å². The number of carbonyl (C=O) groups is 1. The van der Waals surface area contributed by atoms with Gasteiger partial charge in [-0.05, 0) is 18.6 Å². The van der Waals surface area contributed by atoms with Gasteiger partial charge in [-0.2, -0.15) is 11.8 Å². The van der Waals surface area contributed by atoms with Crippen molar-refractivity contribution in [1.29, 1.82) is 0 Å². The molecule has 1 fully saturated rings. The van der Waals surface area contributed by atoms with Crippen LogP contribution >= 0.6 is 23.1 Å². The molecule has 0 saturated carbocycles. The average Bonchev–Trinajstić information content (AvgIpc) is 2.93. The van der Waals surface area contributed by atoms with Gasteiger partial charge >= 0.3 is 0 Å². The number of rotatable bonds is 2. The molecule has 2 heterocycles. The van der Waals surface area contributed by atoms with E-state index in [0.717, 1.165) is 35.0 Å². The maximum atomic E-state index is 12.4. The highest BCUT2D eigenvalue weighted by molar-refractivity contribution is 8.00. The van der Waals surface area contributed by atoms with Gasteiger partial charge in [-0.25, -0.2) is 0 Å². The van der Waals surface area contributed by atoms with E-state index in [1.165, 1.54) is 11.3 Å². The number of hydrogen-bond donors (Lipinski definition) is 1. The van der Waals surface area contributed by atoms with E-state index in [9.17, 15) is 4.79 Å². The summed E-state index contributed by atoms with van der Waals surface area (Å²) >= 11 is 3.36. The lowest BCUT2D eigenvalue weighted by Gasteiger charge is -2.31. The van der Waals surface area contributed by atoms with Crippen molar-refractivity contribution in [2.24, 2.45) is 0 Å². The molecule has 0 aliphatic carbocycles. The Kier molecular flexibility index (Phi) is 5.32. The predicted octanol–water partition coefficient (Wildman–Crippen LogP) is 2.06. The second-order valence-corrected chi connectivity index (χ2v) is 6.77. The van der Waals surface area contributed by atoms with Crippen LogP contribution in [0.5, 0.6) is 0 Å². The molecule has 1 aromatic heterocycles. The molecule has 3 nitrogen and oxygen atoms in total. The molecule has 1 unspecified atom stereocenters. The van der Waals surface area contributed by atoms with Crippen molar-refractivity contribution in [3.63, 3.8) is 0 Å². The van der Waals surface area contributed by atoms with Gasteiger partial charge in [0.2, 0.25) is 0 Å². The van der Waals surface area contributed by atoms with Gasteiger partial charge in [0.05, 0.1) is 9.75 Å². The Morgan fingerprint density at radius 2 is 2.42 bits per heavy atom. The summed E-state index contributed by atoms with van der Waals surface area (Å²) in [7, 11) is 0. The van der Waals surface area contributed by atoms with Crippen LogP contribution < -0.4 is 0 Å². The summed E-state index contributed by atoms with van der Waals surface area (Å²) in [5.41, 5.74) is 0. The van der Waals surface area contributed by atoms with Crippen LogP contribution in [0.3, 0.4) is 0 Å². The molecule has 1 N–H and O–H groups in total. The second-order valence-electron chi connectivity index (χ2n) is 4.28. The monoisotopic (exact) mass is 295 g/mol. The van der Waals surface area contributed by atoms with Crippen LogP contribution in [-0.2, 0) is 0 Å². The first-order chi connectivity index (χ1) is 9.24. The summed E-state index contributed by atoms with van der Waals surface area (Å²) in [5, 5.41) is 9.22. The van der Waals surface area contributed by atoms with Crippen LogP contribution in [0.2, 0.25) is 0 Å². The van der Waals surface area contributed by atoms with Crippen molar-refractivity contribution in [2.75, 3.05) is 25.4 Å². The molecule has 0 spiro atoms. The van der Waals surface area contributed by atoms with Gasteiger partial charge in [-0.1, -0.05) is 18.8 Å². The number of hydrogen-bond acceptors (Lipinski definition) is 4. The highest BCUT2D eigenvalue weighted by atomic mass is 32.2. The standard InChI is InChI=1S/C14H17NO2S2/c1-2-11-10-15(7-9-18-11)14(17)13-6-5-12(19-13)4-3-8-16/h5-6,11,16H,2,7-10H2,1H3. The first-order valence-electron chi connectivity index (χ1n) is 6.35. The molecule has 102 valence electrons. The fraction of sp³-hybridized carbons (Fsp3) is 0.500. The van der Waals surface area contributed by atoms with Crippen LogP contribution in [-0.4, -0.2) is 46.6 Å². The minimum atomic E-state index is -0.150. The Morgan fingerprint density at radius 3 is 3.16 bits per heavy atom. The van der Waals surface area contributed by atoms with Crippen molar-refractivity contribution in [3.8, 4) is 11.8 Å². The lowest BCUT2D eigenvalue weighted by Crippen LogP contribution is -2.41. The smallest absolute Gasteiger partial charge is 0.264 e. The molecule has 1 aliphatic heterocycles. The Bertz CT molecular complexity index is 501. The zero-order valence-corrected chi connectivity index (χ0v) is 12.5. The first kappa shape index (κ1) is 14.4. The SMILES string of the molecule is CCC1CN(C(=O)c2ccc(C#CCO)s2)CCS1. The largest absolute Gasteiger partial charge is 0.384 e. The highest BCUT2D eigenvalue weighted by Crippen LogP contribution is 2.24. The molecule has 0 aromatic carbocycles. The third kappa shape index (κ3) is 3.75. The minimum absolute atomic E-state index is 0.112. The Morgan fingerprint density at radius 1 is 1.58 bits per heavy atom. The Labute approximate surface area is 122 Å². The molecule has 19 heavy (non-hydrogen) atoms. The Balaban J connectivity index is 2.04. The van der Waals surface area contributed by atoms with Crippen molar-refractivity contribution in [3.05, 3.63) is 21.9 Å². The zero-order chi connectivity index (χ0) is 13.7. The van der Waals surface area contributed by atoms with E-state index in [0.29, 0.717) is 5.25 Å². The number of carbonyl (C=O) groups excluding carboxylic acids is 1. The fourth-order valence-corrected chi connectivity index (χ4v) is 3.98. The van der Waals surface area contributed by atoms with Gasteiger partial charge in [0.25, 0.3) is 5.91 Å². The molecule has 1 amide bonds. The third-order valence-electron chi connectivity index (χ3n) is 2.99. The molecule has 1 saturated heterocycles. The van der Waals surface area contributed by atoms with Crippen LogP contribution in [0.4, 0.5) is 0 Å². The van der Waals surface area contributed by atoms with Gasteiger partial charge in [0, 0.05) is 24.1 Å². The number of amides is 1. The zero-order valence-electron chi connectivity index (χ0n) is 10.9. The molecular weight excluding hydrogens is 278 g/mol. The van der Waals surface area contributed by atoms with Crippen molar-refractivity contribution < 1.29 is 9.90 Å². The molecule has 2 rings (SSSR count). The van der Waals surface area contributed by atoms with Crippen molar-refractivity contribution in [2.45, 2.75) is 18.6 Å². The van der Waals surface area contributed by atoms with Gasteiger partial charge in [-0.15, -0.1) is 11.3 Å². The van der Waals surface area contributed by atoms with Gasteiger partial charge in [0.15, 0.2) is 0 Å². The maximum Gasteiger partial charge on any atom is 0.264 e. The van der Waals surface area contributed by atoms with E-state index in [1.54, 1.807) is 0 Å². The molecule has 1 aliphatic rings. The number of thioether (sulfide) groups is 1. The van der Waals surface area contributed by atoms with Crippen molar-refractivity contribution in [1.82, 2.24) is 4.90 Å². The lowest BCUT2D eigenvalue weighted by atomic mass is 10.3. The topological polar surface area (TPSA) is 40.5 Å². The third-order valence-corrected chi connectivity index (χ3v) is 5.35. The molecule has 5 heteroatoms. The van der Waals surface area contributed by atoms with Gasteiger partial charge in [-0.3, -0.25) is 4.79 Å². The van der Waals surface area contributed by atoms with Crippen LogP contribution in [0.1, 0.15) is 27.9 Å². The van der Waals surface area contributed by atoms with Gasteiger partial charge in [0.1, 0.15) is 6.61 Å². The van der Waals surface area contributed by atoms with Gasteiger partial charge < -0.3 is 10.0 Å². The van der Waals surface area contributed by atoms with Crippen LogP contribution in [0.15, 0.2) is 12.1 Å². The fourth-order valence-electron chi connectivity index (χ4n) is 1.95. The molecule has 0 radical (unpaired) electrons. The maximum absolute atomic E-state index is 12.4. The first-order valence-corrected chi connectivity index (χ1v) is 8.21. The van der Waals surface area contributed by atoms with Crippen molar-refractivity contribution >= 4 is 29.0 Å². The van der Waals surface area contributed by atoms with E-state index >= 15 is 0 Å². The van der Waals surface area contributed by atoms with Crippen LogP contribution in [0, 0.1) is 11.8 Å². The van der Waals surface area contributed by atoms with E-state index in [-0.39, 0.29) is 12.5 Å². The number of aliphatic hydroxyl groups is 1. The quantitative estimate of drug-likeness (QED) is 0.849. The van der Waals surface area contributed by atoms with E-state index in [2.05, 4.69) is 18.8 Å². The minimum Gasteiger partial charge on any atom is -0.384 e. The normalized spacial score (nSPS) is 18.8. The van der Waals surface area contributed by atoms with E-state index in [4.69, 9.17) is 5.11 Å². The number of thiophene rings is 1. The molecule has 1 aromatic rings. The number of nitrogens with zero attached hydrogens (tertiary/aromatic N) is 1. The van der Waals surface area contributed by atoms with Crippen LogP contribution in [0.25, 0.3) is 0 Å².